The Hall–Kier alpha value is -3.22. The topological polar surface area (TPSA) is 137 Å². The Labute approximate surface area is 222 Å². The Bertz CT molecular complexity index is 1540. The van der Waals surface area contributed by atoms with Crippen molar-refractivity contribution in [2.75, 3.05) is 24.5 Å². The van der Waals surface area contributed by atoms with Crippen molar-refractivity contribution in [1.82, 2.24) is 29.2 Å². The molecule has 0 radical (unpaired) electrons. The summed E-state index contributed by atoms with van der Waals surface area (Å²) in [5.41, 5.74) is -0.0328. The molecule has 0 unspecified atom stereocenters. The van der Waals surface area contributed by atoms with E-state index in [9.17, 15) is 27.3 Å². The van der Waals surface area contributed by atoms with Crippen molar-refractivity contribution < 1.29 is 22.0 Å². The second-order valence-corrected chi connectivity index (χ2v) is 12.6. The molecule has 0 spiro atoms. The third kappa shape index (κ3) is 4.72. The first-order chi connectivity index (χ1) is 17.9. The van der Waals surface area contributed by atoms with E-state index in [-0.39, 0.29) is 33.6 Å². The summed E-state index contributed by atoms with van der Waals surface area (Å²) in [5.74, 6) is 0.0742. The average molecular weight is 565 g/mol. The normalized spacial score (nSPS) is 19.4. The zero-order valence-electron chi connectivity index (χ0n) is 20.9. The van der Waals surface area contributed by atoms with Crippen LogP contribution in [0.2, 0.25) is 0 Å². The number of pyridine rings is 1. The number of rotatable bonds is 7. The minimum absolute atomic E-state index is 0.0480. The second kappa shape index (κ2) is 9.51. The van der Waals surface area contributed by atoms with E-state index in [0.29, 0.717) is 55.0 Å². The lowest BCUT2D eigenvalue weighted by Crippen LogP contribution is -2.55. The lowest BCUT2D eigenvalue weighted by atomic mass is 10.1. The molecule has 1 N–H and O–H groups in total. The van der Waals surface area contributed by atoms with Crippen molar-refractivity contribution in [1.29, 1.82) is 5.26 Å². The lowest BCUT2D eigenvalue weighted by Gasteiger charge is -2.42. The molecule has 2 aliphatic rings. The fourth-order valence-corrected chi connectivity index (χ4v) is 6.62. The number of nitriles is 1. The Morgan fingerprint density at radius 1 is 1.29 bits per heavy atom. The predicted octanol–water partition coefficient (Wildman–Crippen LogP) is 2.82. The number of sulfonamides is 1. The van der Waals surface area contributed by atoms with E-state index >= 15 is 0 Å². The highest BCUT2D eigenvalue weighted by Gasteiger charge is 2.47. The van der Waals surface area contributed by atoms with Crippen LogP contribution in [0.3, 0.4) is 0 Å². The van der Waals surface area contributed by atoms with E-state index in [1.165, 1.54) is 22.9 Å². The molecule has 2 fully saturated rings. The molecule has 15 heteroatoms. The van der Waals surface area contributed by atoms with E-state index < -0.39 is 27.0 Å². The number of carbonyl (C=O) groups excluding carboxylic acids is 1. The first kappa shape index (κ1) is 26.4. The summed E-state index contributed by atoms with van der Waals surface area (Å²) in [4.78, 5) is 20.7. The summed E-state index contributed by atoms with van der Waals surface area (Å²) in [7, 11) is -4.12. The van der Waals surface area contributed by atoms with Gasteiger partial charge in [-0.1, -0.05) is 25.2 Å². The third-order valence-corrected chi connectivity index (χ3v) is 9.19. The monoisotopic (exact) mass is 564 g/mol. The number of hydrogen-bond donors (Lipinski definition) is 1. The quantitative estimate of drug-likeness (QED) is 0.463. The molecular formula is C23H26F2N8O3S2. The first-order valence-corrected chi connectivity index (χ1v) is 14.4. The number of hydrogen-bond acceptors (Lipinski definition) is 9. The van der Waals surface area contributed by atoms with E-state index in [2.05, 4.69) is 19.9 Å². The van der Waals surface area contributed by atoms with Gasteiger partial charge in [-0.05, 0) is 25.8 Å². The number of aromatic nitrogens is 4. The van der Waals surface area contributed by atoms with Crippen molar-refractivity contribution in [3.8, 4) is 16.9 Å². The summed E-state index contributed by atoms with van der Waals surface area (Å²) in [6.45, 7) is 6.98. The average Bonchev–Trinajstić information content (AvgIpc) is 3.26. The van der Waals surface area contributed by atoms with Crippen LogP contribution in [-0.2, 0) is 14.8 Å². The van der Waals surface area contributed by atoms with Crippen LogP contribution in [0.25, 0.3) is 16.3 Å². The Morgan fingerprint density at radius 3 is 2.61 bits per heavy atom. The van der Waals surface area contributed by atoms with Gasteiger partial charge in [-0.25, -0.2) is 22.2 Å². The molecule has 1 saturated heterocycles. The molecule has 1 amide bonds. The number of piperazine rings is 1. The van der Waals surface area contributed by atoms with Crippen LogP contribution in [0, 0.1) is 17.2 Å². The van der Waals surface area contributed by atoms with Gasteiger partial charge in [-0.2, -0.15) is 9.98 Å². The highest BCUT2D eigenvalue weighted by atomic mass is 32.2. The maximum absolute atomic E-state index is 13.4. The fourth-order valence-electron chi connectivity index (χ4n) is 4.54. The lowest BCUT2D eigenvalue weighted by molar-refractivity contribution is -0.136. The van der Waals surface area contributed by atoms with Gasteiger partial charge in [0.05, 0.1) is 23.5 Å². The number of halogens is 2. The molecule has 3 aromatic rings. The highest BCUT2D eigenvalue weighted by Crippen LogP contribution is 2.38. The molecule has 1 aliphatic carbocycles. The van der Waals surface area contributed by atoms with Gasteiger partial charge in [0, 0.05) is 37.8 Å². The second-order valence-electron chi connectivity index (χ2n) is 9.93. The van der Waals surface area contributed by atoms with Crippen molar-refractivity contribution in [3.63, 3.8) is 0 Å². The number of nitrogens with one attached hydrogen (secondary N) is 1. The number of fused-ring (bicyclic) bond motifs is 1. The van der Waals surface area contributed by atoms with Crippen LogP contribution in [0.1, 0.15) is 45.0 Å². The molecule has 38 heavy (non-hydrogen) atoms. The number of alkyl halides is 2. The van der Waals surface area contributed by atoms with E-state index in [4.69, 9.17) is 0 Å². The number of amides is 1. The van der Waals surface area contributed by atoms with Crippen molar-refractivity contribution in [2.24, 2.45) is 5.92 Å². The maximum atomic E-state index is 13.4. The van der Waals surface area contributed by atoms with Gasteiger partial charge < -0.3 is 9.80 Å². The SMILES string of the molecule is CC(C)C(=O)N1CCN(c2cc(S(=O)(=O)NC3(C#N)CC3)cn3c(-c4nnc(C(F)F)s4)ncc23)C[C@H]1C. The summed E-state index contributed by atoms with van der Waals surface area (Å²) in [6.07, 6.45) is 0.918. The first-order valence-electron chi connectivity index (χ1n) is 12.1. The molecule has 4 heterocycles. The van der Waals surface area contributed by atoms with Crippen LogP contribution < -0.4 is 9.62 Å². The molecule has 0 bridgehead atoms. The van der Waals surface area contributed by atoms with Crippen LogP contribution >= 0.6 is 11.3 Å². The van der Waals surface area contributed by atoms with E-state index in [1.54, 1.807) is 0 Å². The van der Waals surface area contributed by atoms with Crippen LogP contribution in [0.5, 0.6) is 0 Å². The molecule has 5 rings (SSSR count). The molecule has 1 atom stereocenters. The van der Waals surface area contributed by atoms with Gasteiger partial charge in [-0.15, -0.1) is 10.2 Å². The molecule has 3 aromatic heterocycles. The van der Waals surface area contributed by atoms with Gasteiger partial charge >= 0.3 is 0 Å². The minimum Gasteiger partial charge on any atom is -0.366 e. The van der Waals surface area contributed by atoms with Gasteiger partial charge in [0.15, 0.2) is 15.8 Å². The Morgan fingerprint density at radius 2 is 2.03 bits per heavy atom. The van der Waals surface area contributed by atoms with E-state index in [1.807, 2.05) is 36.6 Å². The van der Waals surface area contributed by atoms with Gasteiger partial charge in [0.1, 0.15) is 10.4 Å². The van der Waals surface area contributed by atoms with E-state index in [0.717, 1.165) is 0 Å². The smallest absolute Gasteiger partial charge is 0.291 e. The summed E-state index contributed by atoms with van der Waals surface area (Å²) >= 11 is 0.677. The number of nitrogens with zero attached hydrogens (tertiary/aromatic N) is 7. The Kier molecular flexibility index (Phi) is 6.60. The summed E-state index contributed by atoms with van der Waals surface area (Å²) in [5, 5.41) is 16.5. The molecule has 11 nitrogen and oxygen atoms in total. The standard InChI is InChI=1S/C23H26F2N8O3S2/c1-13(2)22(34)32-7-6-31(10-14(32)3)16-8-15(38(35,36)30-23(12-26)4-5-23)11-33-17(16)9-27-19(33)21-29-28-20(37-21)18(24)25/h8-9,11,13-14,18,30H,4-7,10H2,1-3H3/t14-/m1/s1. The molecule has 1 aliphatic heterocycles. The number of carbonyl (C=O) groups is 1. The summed E-state index contributed by atoms with van der Waals surface area (Å²) < 4.78 is 57.1. The molecule has 202 valence electrons. The molecular weight excluding hydrogens is 538 g/mol. The van der Waals surface area contributed by atoms with Crippen molar-refractivity contribution in [2.45, 2.75) is 56.5 Å². The third-order valence-electron chi connectivity index (χ3n) is 6.76. The van der Waals surface area contributed by atoms with Crippen LogP contribution in [0.4, 0.5) is 14.5 Å². The molecule has 1 saturated carbocycles. The van der Waals surface area contributed by atoms with Crippen LogP contribution in [-0.4, -0.2) is 70.0 Å². The minimum atomic E-state index is -4.12. The Balaban J connectivity index is 1.60. The highest BCUT2D eigenvalue weighted by molar-refractivity contribution is 7.89. The predicted molar refractivity (Wildman–Crippen MR) is 135 cm³/mol. The number of anilines is 1. The fraction of sp³-hybridized carbons (Fsp3) is 0.522. The zero-order valence-corrected chi connectivity index (χ0v) is 22.6. The molecule has 0 aromatic carbocycles. The van der Waals surface area contributed by atoms with Gasteiger partial charge in [0.25, 0.3) is 6.43 Å². The van der Waals surface area contributed by atoms with Crippen LogP contribution in [0.15, 0.2) is 23.4 Å². The number of imidazole rings is 1. The van der Waals surface area contributed by atoms with Crippen molar-refractivity contribution >= 4 is 38.5 Å². The maximum Gasteiger partial charge on any atom is 0.291 e. The summed E-state index contributed by atoms with van der Waals surface area (Å²) in [6, 6.07) is 3.41. The van der Waals surface area contributed by atoms with Gasteiger partial charge in [0.2, 0.25) is 15.9 Å². The van der Waals surface area contributed by atoms with Crippen molar-refractivity contribution in [3.05, 3.63) is 23.5 Å². The zero-order chi connectivity index (χ0) is 27.4. The van der Waals surface area contributed by atoms with Gasteiger partial charge in [-0.3, -0.25) is 9.20 Å². The largest absolute Gasteiger partial charge is 0.366 e.